The van der Waals surface area contributed by atoms with Gasteiger partial charge in [-0.15, -0.1) is 0 Å². The molecule has 0 radical (unpaired) electrons. The first-order valence-corrected chi connectivity index (χ1v) is 7.17. The van der Waals surface area contributed by atoms with Crippen molar-refractivity contribution in [2.45, 2.75) is 20.3 Å². The molecule has 0 atom stereocenters. The van der Waals surface area contributed by atoms with E-state index in [0.717, 1.165) is 0 Å². The zero-order valence-electron chi connectivity index (χ0n) is 12.8. The van der Waals surface area contributed by atoms with Crippen molar-refractivity contribution in [3.63, 3.8) is 0 Å². The monoisotopic (exact) mass is 302 g/mol. The minimum atomic E-state index is -0.159. The average Bonchev–Trinajstić information content (AvgIpc) is 2.48. The average molecular weight is 302 g/mol. The summed E-state index contributed by atoms with van der Waals surface area (Å²) >= 11 is 0. The second-order valence-corrected chi connectivity index (χ2v) is 3.86. The Bertz CT molecular complexity index is 395. The van der Waals surface area contributed by atoms with E-state index in [1.165, 1.54) is 6.07 Å². The van der Waals surface area contributed by atoms with E-state index in [4.69, 9.17) is 15.2 Å². The number of nitrogens with two attached hydrogens (primary N) is 1. The molecule has 0 saturated carbocycles. The molecule has 1 rings (SSSR count). The summed E-state index contributed by atoms with van der Waals surface area (Å²) in [5.41, 5.74) is 5.82. The van der Waals surface area contributed by atoms with Gasteiger partial charge in [0.2, 0.25) is 5.91 Å². The van der Waals surface area contributed by atoms with Gasteiger partial charge in [-0.3, -0.25) is 4.79 Å². The summed E-state index contributed by atoms with van der Waals surface area (Å²) in [6.07, 6.45) is 0.256. The summed E-state index contributed by atoms with van der Waals surface area (Å²) in [5, 5.41) is 11.9. The highest BCUT2D eigenvalue weighted by molar-refractivity contribution is 5.90. The van der Waals surface area contributed by atoms with Crippen LogP contribution in [0.3, 0.4) is 0 Å². The number of benzene rings is 1. The summed E-state index contributed by atoms with van der Waals surface area (Å²) in [6, 6.07) is 6.40. The Morgan fingerprint density at radius 2 is 1.90 bits per heavy atom. The van der Waals surface area contributed by atoms with E-state index in [-0.39, 0.29) is 20.9 Å². The fourth-order valence-corrected chi connectivity index (χ4v) is 1.38. The first-order chi connectivity index (χ1) is 10.2. The molecule has 0 aliphatic rings. The number of carbonyl (C=O) groups excluding carboxylic acids is 1. The molecule has 0 fully saturated rings. The van der Waals surface area contributed by atoms with E-state index in [1.807, 2.05) is 13.8 Å². The molecule has 0 saturated heterocycles. The number of nitrogens with one attached hydrogen (secondary N) is 1. The van der Waals surface area contributed by atoms with Crippen molar-refractivity contribution < 1.29 is 22.2 Å². The predicted molar refractivity (Wildman–Crippen MR) is 87.6 cm³/mol. The largest absolute Gasteiger partial charge is 0.508 e. The molecule has 0 heterocycles. The van der Waals surface area contributed by atoms with E-state index in [9.17, 15) is 9.90 Å². The summed E-state index contributed by atoms with van der Waals surface area (Å²) in [7, 11) is 0. The van der Waals surface area contributed by atoms with Crippen LogP contribution in [-0.4, -0.2) is 44.0 Å². The smallest absolute Gasteiger partial charge is 0.226 e. The molecule has 124 valence electrons. The number of hydrogen-bond acceptors (Lipinski definition) is 5. The van der Waals surface area contributed by atoms with Crippen molar-refractivity contribution in [2.75, 3.05) is 38.3 Å². The quantitative estimate of drug-likeness (QED) is 0.608. The van der Waals surface area contributed by atoms with Crippen molar-refractivity contribution in [1.29, 1.82) is 0 Å². The number of amides is 1. The van der Waals surface area contributed by atoms with Crippen LogP contribution in [0.4, 0.5) is 5.69 Å². The highest BCUT2D eigenvalue weighted by Crippen LogP contribution is 2.15. The van der Waals surface area contributed by atoms with Crippen molar-refractivity contribution in [3.05, 3.63) is 24.3 Å². The molecule has 6 nitrogen and oxygen atoms in total. The number of rotatable bonds is 9. The zero-order valence-corrected chi connectivity index (χ0v) is 12.8. The lowest BCUT2D eigenvalue weighted by Crippen LogP contribution is -2.16. The van der Waals surface area contributed by atoms with Gasteiger partial charge in [0, 0.05) is 21.2 Å². The SMILES string of the molecule is CC.NCCOCCOCCC(=O)Nc1cccc(O)c1.[HH].[HH]. The minimum absolute atomic E-state index is 0. The Morgan fingerprint density at radius 3 is 2.52 bits per heavy atom. The molecule has 0 spiro atoms. The molecule has 6 heteroatoms. The van der Waals surface area contributed by atoms with Crippen molar-refractivity contribution in [3.8, 4) is 5.75 Å². The fourth-order valence-electron chi connectivity index (χ4n) is 1.38. The molecular formula is C15H30N2O4. The zero-order chi connectivity index (χ0) is 15.9. The first-order valence-electron chi connectivity index (χ1n) is 7.17. The van der Waals surface area contributed by atoms with E-state index in [0.29, 0.717) is 38.7 Å². The van der Waals surface area contributed by atoms with Crippen molar-refractivity contribution in [1.82, 2.24) is 0 Å². The number of carbonyl (C=O) groups is 1. The number of ether oxygens (including phenoxy) is 2. The van der Waals surface area contributed by atoms with Gasteiger partial charge in [-0.2, -0.15) is 0 Å². The molecule has 1 aromatic rings. The summed E-state index contributed by atoms with van der Waals surface area (Å²) < 4.78 is 10.4. The van der Waals surface area contributed by atoms with Crippen LogP contribution in [0.1, 0.15) is 23.1 Å². The van der Waals surface area contributed by atoms with Crippen LogP contribution >= 0.6 is 0 Å². The molecule has 4 N–H and O–H groups in total. The Morgan fingerprint density at radius 1 is 1.24 bits per heavy atom. The second kappa shape index (κ2) is 13.4. The second-order valence-electron chi connectivity index (χ2n) is 3.86. The van der Waals surface area contributed by atoms with Crippen LogP contribution in [-0.2, 0) is 14.3 Å². The summed E-state index contributed by atoms with van der Waals surface area (Å²) in [6.45, 7) is 6.26. The van der Waals surface area contributed by atoms with Crippen LogP contribution < -0.4 is 11.1 Å². The molecule has 21 heavy (non-hydrogen) atoms. The van der Waals surface area contributed by atoms with Gasteiger partial charge in [-0.25, -0.2) is 0 Å². The van der Waals surface area contributed by atoms with Gasteiger partial charge in [-0.05, 0) is 12.1 Å². The van der Waals surface area contributed by atoms with Crippen LogP contribution in [0.15, 0.2) is 24.3 Å². The maximum atomic E-state index is 11.5. The third-order valence-electron chi connectivity index (χ3n) is 2.24. The number of hydrogen-bond donors (Lipinski definition) is 3. The first kappa shape index (κ1) is 19.4. The third-order valence-corrected chi connectivity index (χ3v) is 2.24. The molecule has 0 unspecified atom stereocenters. The highest BCUT2D eigenvalue weighted by atomic mass is 16.5. The lowest BCUT2D eigenvalue weighted by molar-refractivity contribution is -0.117. The van der Waals surface area contributed by atoms with E-state index < -0.39 is 0 Å². The highest BCUT2D eigenvalue weighted by Gasteiger charge is 2.02. The molecule has 0 aromatic heterocycles. The standard InChI is InChI=1S/C13H20N2O4.C2H6.2H2/c14-5-7-19-9-8-18-6-4-13(17)15-11-2-1-3-12(16)10-11;1-2;;/h1-3,10,16H,4-9,14H2,(H,15,17);1-2H3;2*1H. The van der Waals surface area contributed by atoms with E-state index in [1.54, 1.807) is 18.2 Å². The molecule has 0 aliphatic heterocycles. The third kappa shape index (κ3) is 10.8. The number of anilines is 1. The summed E-state index contributed by atoms with van der Waals surface area (Å²) in [4.78, 5) is 11.5. The van der Waals surface area contributed by atoms with Gasteiger partial charge in [-0.1, -0.05) is 19.9 Å². The van der Waals surface area contributed by atoms with Gasteiger partial charge in [0.25, 0.3) is 0 Å². The normalized spacial score (nSPS) is 9.67. The van der Waals surface area contributed by atoms with Gasteiger partial charge < -0.3 is 25.6 Å². The molecular weight excluding hydrogens is 272 g/mol. The van der Waals surface area contributed by atoms with Gasteiger partial charge in [0.15, 0.2) is 0 Å². The van der Waals surface area contributed by atoms with Crippen LogP contribution in [0.5, 0.6) is 5.75 Å². The Hall–Kier alpha value is -1.63. The molecule has 0 bridgehead atoms. The van der Waals surface area contributed by atoms with Crippen molar-refractivity contribution in [2.24, 2.45) is 5.73 Å². The number of aromatic hydroxyl groups is 1. The maximum Gasteiger partial charge on any atom is 0.226 e. The number of phenols is 1. The topological polar surface area (TPSA) is 93.8 Å². The van der Waals surface area contributed by atoms with Crippen LogP contribution in [0, 0.1) is 0 Å². The fraction of sp³-hybridized carbons (Fsp3) is 0.533. The van der Waals surface area contributed by atoms with E-state index in [2.05, 4.69) is 5.32 Å². The van der Waals surface area contributed by atoms with Crippen LogP contribution in [0.2, 0.25) is 0 Å². The maximum absolute atomic E-state index is 11.5. The predicted octanol–water partition coefficient (Wildman–Crippen LogP) is 2.23. The Kier molecular flexibility index (Phi) is 12.3. The lowest BCUT2D eigenvalue weighted by atomic mass is 10.3. The lowest BCUT2D eigenvalue weighted by Gasteiger charge is -2.06. The van der Waals surface area contributed by atoms with Gasteiger partial charge >= 0.3 is 0 Å². The van der Waals surface area contributed by atoms with Crippen LogP contribution in [0.25, 0.3) is 0 Å². The Balaban J connectivity index is -0.000000960. The molecule has 0 aliphatic carbocycles. The van der Waals surface area contributed by atoms with Gasteiger partial charge in [0.1, 0.15) is 5.75 Å². The van der Waals surface area contributed by atoms with Crippen molar-refractivity contribution >= 4 is 11.6 Å². The number of phenolic OH excluding ortho intramolecular Hbond substituents is 1. The molecule has 1 amide bonds. The van der Waals surface area contributed by atoms with Gasteiger partial charge in [0.05, 0.1) is 32.8 Å². The van der Waals surface area contributed by atoms with E-state index >= 15 is 0 Å². The minimum Gasteiger partial charge on any atom is -0.508 e. The molecule has 1 aromatic carbocycles. The summed E-state index contributed by atoms with van der Waals surface area (Å²) in [5.74, 6) is -0.0421. The Labute approximate surface area is 129 Å².